The maximum atomic E-state index is 12.3. The van der Waals surface area contributed by atoms with E-state index >= 15 is 0 Å². The smallest absolute Gasteiger partial charge is 0.372 e. The highest BCUT2D eigenvalue weighted by Gasteiger charge is 2.30. The summed E-state index contributed by atoms with van der Waals surface area (Å²) in [5.74, 6) is 0. The first-order valence-corrected chi connectivity index (χ1v) is 4.81. The number of alkyl halides is 3. The van der Waals surface area contributed by atoms with E-state index in [4.69, 9.17) is 0 Å². The molecule has 0 aromatic heterocycles. The zero-order chi connectivity index (χ0) is 11.8. The fourth-order valence-corrected chi connectivity index (χ4v) is 1.61. The molecule has 1 aliphatic rings. The van der Waals surface area contributed by atoms with E-state index in [1.165, 1.54) is 12.1 Å². The monoisotopic (exact) mass is 228 g/mol. The summed E-state index contributed by atoms with van der Waals surface area (Å²) >= 11 is 0. The van der Waals surface area contributed by atoms with Gasteiger partial charge >= 0.3 is 6.18 Å². The van der Waals surface area contributed by atoms with Gasteiger partial charge in [0.05, 0.1) is 17.9 Å². The van der Waals surface area contributed by atoms with Gasteiger partial charge in [0.15, 0.2) is 0 Å². The van der Waals surface area contributed by atoms with Gasteiger partial charge in [0.2, 0.25) is 0 Å². The Balaban J connectivity index is 2.26. The SMILES string of the molecule is CN1CNC=C1c1ccc(C(F)(F)F)cc1. The summed E-state index contributed by atoms with van der Waals surface area (Å²) in [5, 5.41) is 3.01. The lowest BCUT2D eigenvalue weighted by Gasteiger charge is -2.15. The van der Waals surface area contributed by atoms with Gasteiger partial charge in [-0.2, -0.15) is 13.2 Å². The van der Waals surface area contributed by atoms with Crippen LogP contribution in [0.2, 0.25) is 0 Å². The number of nitrogens with one attached hydrogen (secondary N) is 1. The van der Waals surface area contributed by atoms with Crippen LogP contribution in [0.25, 0.3) is 5.70 Å². The topological polar surface area (TPSA) is 15.3 Å². The van der Waals surface area contributed by atoms with Crippen molar-refractivity contribution in [1.29, 1.82) is 0 Å². The number of hydrogen-bond acceptors (Lipinski definition) is 2. The molecule has 0 aliphatic carbocycles. The Morgan fingerprint density at radius 2 is 1.81 bits per heavy atom. The molecule has 86 valence electrons. The van der Waals surface area contributed by atoms with Crippen molar-refractivity contribution in [3.05, 3.63) is 41.6 Å². The molecule has 0 radical (unpaired) electrons. The summed E-state index contributed by atoms with van der Waals surface area (Å²) in [6.45, 7) is 0.677. The van der Waals surface area contributed by atoms with Crippen molar-refractivity contribution < 1.29 is 13.2 Å². The van der Waals surface area contributed by atoms with Gasteiger partial charge in [0.1, 0.15) is 0 Å². The van der Waals surface area contributed by atoms with Gasteiger partial charge in [0.25, 0.3) is 0 Å². The van der Waals surface area contributed by atoms with Crippen LogP contribution < -0.4 is 5.32 Å². The van der Waals surface area contributed by atoms with Crippen LogP contribution in [0.15, 0.2) is 30.5 Å². The summed E-state index contributed by atoms with van der Waals surface area (Å²) in [6, 6.07) is 5.17. The summed E-state index contributed by atoms with van der Waals surface area (Å²) in [5.41, 5.74) is 1.06. The largest absolute Gasteiger partial charge is 0.416 e. The molecule has 0 bridgehead atoms. The minimum Gasteiger partial charge on any atom is -0.372 e. The molecule has 0 saturated carbocycles. The normalized spacial score (nSPS) is 16.0. The fourth-order valence-electron chi connectivity index (χ4n) is 1.61. The zero-order valence-electron chi connectivity index (χ0n) is 8.67. The summed E-state index contributed by atoms with van der Waals surface area (Å²) < 4.78 is 37.0. The van der Waals surface area contributed by atoms with Crippen LogP contribution in [0.5, 0.6) is 0 Å². The molecule has 2 rings (SSSR count). The highest BCUT2D eigenvalue weighted by atomic mass is 19.4. The van der Waals surface area contributed by atoms with Crippen molar-refractivity contribution in [3.8, 4) is 0 Å². The van der Waals surface area contributed by atoms with E-state index in [9.17, 15) is 13.2 Å². The van der Waals surface area contributed by atoms with Crippen molar-refractivity contribution >= 4 is 5.70 Å². The molecule has 0 fully saturated rings. The molecular formula is C11H11F3N2. The van der Waals surface area contributed by atoms with Crippen LogP contribution in [0.4, 0.5) is 13.2 Å². The summed E-state index contributed by atoms with van der Waals surface area (Å²) in [7, 11) is 1.88. The molecule has 1 heterocycles. The van der Waals surface area contributed by atoms with Crippen LogP contribution >= 0.6 is 0 Å². The third-order valence-electron chi connectivity index (χ3n) is 2.49. The third-order valence-corrected chi connectivity index (χ3v) is 2.49. The molecule has 5 heteroatoms. The Labute approximate surface area is 91.4 Å². The van der Waals surface area contributed by atoms with Crippen molar-refractivity contribution in [3.63, 3.8) is 0 Å². The molecule has 1 N–H and O–H groups in total. The van der Waals surface area contributed by atoms with E-state index in [1.54, 1.807) is 6.20 Å². The third kappa shape index (κ3) is 1.98. The number of rotatable bonds is 1. The molecular weight excluding hydrogens is 217 g/mol. The van der Waals surface area contributed by atoms with Crippen LogP contribution in [-0.4, -0.2) is 18.6 Å². The number of hydrogen-bond donors (Lipinski definition) is 1. The number of benzene rings is 1. The Morgan fingerprint density at radius 3 is 2.25 bits per heavy atom. The second-order valence-corrected chi connectivity index (χ2v) is 3.66. The standard InChI is InChI=1S/C11H11F3N2/c1-16-7-15-6-10(16)8-2-4-9(5-3-8)11(12,13)14/h2-6,15H,7H2,1H3. The predicted octanol–water partition coefficient (Wildman–Crippen LogP) is 2.50. The van der Waals surface area contributed by atoms with Crippen LogP contribution in [0.1, 0.15) is 11.1 Å². The number of halogens is 3. The van der Waals surface area contributed by atoms with Crippen molar-refractivity contribution in [2.75, 3.05) is 13.7 Å². The average Bonchev–Trinajstić information content (AvgIpc) is 2.63. The molecule has 0 unspecified atom stereocenters. The second-order valence-electron chi connectivity index (χ2n) is 3.66. The molecule has 0 amide bonds. The lowest BCUT2D eigenvalue weighted by molar-refractivity contribution is -0.137. The van der Waals surface area contributed by atoms with Gasteiger partial charge in [-0.3, -0.25) is 0 Å². The first kappa shape index (κ1) is 10.9. The van der Waals surface area contributed by atoms with Gasteiger partial charge in [-0.15, -0.1) is 0 Å². The number of nitrogens with zero attached hydrogens (tertiary/aromatic N) is 1. The average molecular weight is 228 g/mol. The lowest BCUT2D eigenvalue weighted by Crippen LogP contribution is -2.17. The van der Waals surface area contributed by atoms with Gasteiger partial charge < -0.3 is 10.2 Å². The van der Waals surface area contributed by atoms with Crippen LogP contribution in [-0.2, 0) is 6.18 Å². The van der Waals surface area contributed by atoms with Crippen molar-refractivity contribution in [1.82, 2.24) is 10.2 Å². The summed E-state index contributed by atoms with van der Waals surface area (Å²) in [4.78, 5) is 1.93. The quantitative estimate of drug-likeness (QED) is 0.794. The summed E-state index contributed by atoms with van der Waals surface area (Å²) in [6.07, 6.45) is -2.48. The van der Waals surface area contributed by atoms with Crippen molar-refractivity contribution in [2.45, 2.75) is 6.18 Å². The van der Waals surface area contributed by atoms with E-state index in [1.807, 2.05) is 11.9 Å². The maximum Gasteiger partial charge on any atom is 0.416 e. The Hall–Kier alpha value is -1.65. The van der Waals surface area contributed by atoms with E-state index in [-0.39, 0.29) is 0 Å². The molecule has 1 aromatic rings. The molecule has 16 heavy (non-hydrogen) atoms. The second kappa shape index (κ2) is 3.73. The minimum absolute atomic E-state index is 0.620. The van der Waals surface area contributed by atoms with Gasteiger partial charge in [-0.25, -0.2) is 0 Å². The van der Waals surface area contributed by atoms with Gasteiger partial charge in [-0.1, -0.05) is 12.1 Å². The van der Waals surface area contributed by atoms with Crippen LogP contribution in [0.3, 0.4) is 0 Å². The highest BCUT2D eigenvalue weighted by molar-refractivity contribution is 5.65. The Morgan fingerprint density at radius 1 is 1.19 bits per heavy atom. The van der Waals surface area contributed by atoms with Crippen LogP contribution in [0, 0.1) is 0 Å². The van der Waals surface area contributed by atoms with E-state index in [2.05, 4.69) is 5.32 Å². The first-order chi connectivity index (χ1) is 7.48. The van der Waals surface area contributed by atoms with Gasteiger partial charge in [-0.05, 0) is 17.7 Å². The molecule has 2 nitrogen and oxygen atoms in total. The predicted molar refractivity (Wildman–Crippen MR) is 55.2 cm³/mol. The molecule has 1 aliphatic heterocycles. The maximum absolute atomic E-state index is 12.3. The van der Waals surface area contributed by atoms with E-state index in [0.717, 1.165) is 23.4 Å². The van der Waals surface area contributed by atoms with Crippen molar-refractivity contribution in [2.24, 2.45) is 0 Å². The van der Waals surface area contributed by atoms with E-state index < -0.39 is 11.7 Å². The van der Waals surface area contributed by atoms with E-state index in [0.29, 0.717) is 6.67 Å². The molecule has 0 atom stereocenters. The Bertz CT molecular complexity index is 406. The first-order valence-electron chi connectivity index (χ1n) is 4.81. The fraction of sp³-hybridized carbons (Fsp3) is 0.273. The minimum atomic E-state index is -4.27. The Kier molecular flexibility index (Phi) is 2.53. The molecule has 0 spiro atoms. The highest BCUT2D eigenvalue weighted by Crippen LogP contribution is 2.30. The molecule has 1 aromatic carbocycles. The lowest BCUT2D eigenvalue weighted by atomic mass is 10.1. The van der Waals surface area contributed by atoms with Gasteiger partial charge in [0, 0.05) is 13.2 Å². The molecule has 0 saturated heterocycles. The zero-order valence-corrected chi connectivity index (χ0v) is 8.67.